The van der Waals surface area contributed by atoms with Gasteiger partial charge in [0.05, 0.1) is 5.41 Å². The Hall–Kier alpha value is -2.80. The van der Waals surface area contributed by atoms with Crippen LogP contribution >= 0.6 is 0 Å². The summed E-state index contributed by atoms with van der Waals surface area (Å²) in [7, 11) is 0. The van der Waals surface area contributed by atoms with Crippen LogP contribution in [-0.4, -0.2) is 0 Å². The van der Waals surface area contributed by atoms with Gasteiger partial charge in [-0.15, -0.1) is 0 Å². The molecular weight excluding hydrogens is 376 g/mol. The Balaban J connectivity index is 0.000000908. The van der Waals surface area contributed by atoms with Crippen molar-refractivity contribution < 1.29 is 4.74 Å². The Morgan fingerprint density at radius 3 is 1.39 bits per heavy atom. The second kappa shape index (κ2) is 14.2. The summed E-state index contributed by atoms with van der Waals surface area (Å²) in [5.74, 6) is 1.89. The lowest BCUT2D eigenvalue weighted by Crippen LogP contribution is -2.29. The maximum absolute atomic E-state index is 6.15. The van der Waals surface area contributed by atoms with Gasteiger partial charge in [-0.3, -0.25) is 0 Å². The van der Waals surface area contributed by atoms with Gasteiger partial charge >= 0.3 is 0 Å². The molecule has 0 N–H and O–H groups in total. The van der Waals surface area contributed by atoms with E-state index in [1.54, 1.807) is 0 Å². The van der Waals surface area contributed by atoms with Crippen molar-refractivity contribution >= 4 is 6.08 Å². The van der Waals surface area contributed by atoms with Crippen molar-refractivity contribution in [1.82, 2.24) is 0 Å². The van der Waals surface area contributed by atoms with Crippen LogP contribution in [0.25, 0.3) is 6.08 Å². The van der Waals surface area contributed by atoms with E-state index in [1.165, 1.54) is 22.3 Å². The quantitative estimate of drug-likeness (QED) is 0.353. The number of allylic oxidation sites excluding steroid dienone is 1. The molecule has 0 fully saturated rings. The summed E-state index contributed by atoms with van der Waals surface area (Å²) in [5.41, 5.74) is 4.82. The standard InChI is InChI=1S/C21H14O.4C2H6.CH4/c1-2-8-16-15(7-1)13-14-21(16)17-9-3-5-11-19(17)22-20-12-6-4-10-18(20)21;4*1-2;/h1-14H;4*1-2H3;1H4. The largest absolute Gasteiger partial charge is 0.457 e. The molecule has 0 saturated carbocycles. The minimum absolute atomic E-state index is 0. The van der Waals surface area contributed by atoms with Crippen LogP contribution in [0.3, 0.4) is 0 Å². The fraction of sp³-hybridized carbons (Fsp3) is 0.333. The molecule has 0 atom stereocenters. The molecule has 2 aliphatic rings. The molecule has 3 aromatic carbocycles. The monoisotopic (exact) mass is 418 g/mol. The Bertz CT molecular complexity index is 875. The maximum atomic E-state index is 6.15. The van der Waals surface area contributed by atoms with Crippen LogP contribution in [0.5, 0.6) is 11.5 Å². The zero-order valence-corrected chi connectivity index (χ0v) is 20.0. The first kappa shape index (κ1) is 28.2. The lowest BCUT2D eigenvalue weighted by atomic mass is 9.69. The molecule has 1 heteroatoms. The Morgan fingerprint density at radius 2 is 0.903 bits per heavy atom. The molecule has 1 aliphatic heterocycles. The number of fused-ring (bicyclic) bond motifs is 6. The lowest BCUT2D eigenvalue weighted by Gasteiger charge is -2.37. The molecule has 1 nitrogen and oxygen atoms in total. The van der Waals surface area contributed by atoms with Gasteiger partial charge < -0.3 is 4.74 Å². The molecule has 5 rings (SSSR count). The molecule has 0 aromatic heterocycles. The smallest absolute Gasteiger partial charge is 0.132 e. The van der Waals surface area contributed by atoms with E-state index in [0.29, 0.717) is 0 Å². The van der Waals surface area contributed by atoms with E-state index < -0.39 is 0 Å². The summed E-state index contributed by atoms with van der Waals surface area (Å²) in [6.07, 6.45) is 4.55. The predicted octanol–water partition coefficient (Wildman–Crippen LogP) is 9.89. The summed E-state index contributed by atoms with van der Waals surface area (Å²) in [5, 5.41) is 0. The van der Waals surface area contributed by atoms with Crippen LogP contribution in [0.1, 0.15) is 85.1 Å². The Kier molecular flexibility index (Phi) is 13.0. The summed E-state index contributed by atoms with van der Waals surface area (Å²) < 4.78 is 6.15. The average Bonchev–Trinajstić information content (AvgIpc) is 3.25. The second-order valence-electron chi connectivity index (χ2n) is 5.82. The molecule has 1 aliphatic carbocycles. The summed E-state index contributed by atoms with van der Waals surface area (Å²) in [6, 6.07) is 25.3. The van der Waals surface area contributed by atoms with Crippen molar-refractivity contribution in [1.29, 1.82) is 0 Å². The summed E-state index contributed by atoms with van der Waals surface area (Å²) >= 11 is 0. The van der Waals surface area contributed by atoms with Gasteiger partial charge in [-0.05, 0) is 23.3 Å². The second-order valence-corrected chi connectivity index (χ2v) is 5.82. The lowest BCUT2D eigenvalue weighted by molar-refractivity contribution is 0.438. The molecule has 3 aromatic rings. The molecule has 0 amide bonds. The highest BCUT2D eigenvalue weighted by Crippen LogP contribution is 2.55. The SMILES string of the molecule is C.C1=CC2(c3ccccc31)c1ccccc1Oc1ccccc12.CC.CC.CC.CC. The zero-order valence-electron chi connectivity index (χ0n) is 20.0. The van der Waals surface area contributed by atoms with Crippen molar-refractivity contribution in [2.24, 2.45) is 0 Å². The fourth-order valence-electron chi connectivity index (χ4n) is 3.80. The van der Waals surface area contributed by atoms with Crippen LogP contribution in [0.4, 0.5) is 0 Å². The average molecular weight is 419 g/mol. The molecule has 0 radical (unpaired) electrons. The van der Waals surface area contributed by atoms with Gasteiger partial charge in [0.15, 0.2) is 0 Å². The minimum atomic E-state index is -0.234. The van der Waals surface area contributed by atoms with E-state index in [1.807, 2.05) is 67.5 Å². The van der Waals surface area contributed by atoms with E-state index in [0.717, 1.165) is 11.5 Å². The van der Waals surface area contributed by atoms with Gasteiger partial charge in [0.1, 0.15) is 11.5 Å². The molecular formula is C30H42O. The van der Waals surface area contributed by atoms with Crippen LogP contribution in [0, 0.1) is 0 Å². The maximum Gasteiger partial charge on any atom is 0.132 e. The first-order valence-electron chi connectivity index (χ1n) is 11.6. The zero-order chi connectivity index (χ0) is 22.6. The highest BCUT2D eigenvalue weighted by molar-refractivity contribution is 5.77. The highest BCUT2D eigenvalue weighted by atomic mass is 16.5. The first-order chi connectivity index (χ1) is 14.9. The van der Waals surface area contributed by atoms with E-state index in [2.05, 4.69) is 72.8 Å². The van der Waals surface area contributed by atoms with Gasteiger partial charge in [-0.25, -0.2) is 0 Å². The number of benzene rings is 3. The van der Waals surface area contributed by atoms with Crippen molar-refractivity contribution in [2.45, 2.75) is 68.2 Å². The van der Waals surface area contributed by atoms with E-state index in [9.17, 15) is 0 Å². The van der Waals surface area contributed by atoms with Crippen molar-refractivity contribution in [3.8, 4) is 11.5 Å². The third-order valence-electron chi connectivity index (χ3n) is 4.74. The predicted molar refractivity (Wildman–Crippen MR) is 140 cm³/mol. The van der Waals surface area contributed by atoms with Gasteiger partial charge in [0.25, 0.3) is 0 Å². The molecule has 168 valence electrons. The van der Waals surface area contributed by atoms with Crippen molar-refractivity contribution in [2.75, 3.05) is 0 Å². The van der Waals surface area contributed by atoms with Gasteiger partial charge in [0, 0.05) is 11.1 Å². The van der Waals surface area contributed by atoms with Crippen LogP contribution in [0.15, 0.2) is 78.9 Å². The first-order valence-corrected chi connectivity index (χ1v) is 11.6. The summed E-state index contributed by atoms with van der Waals surface area (Å²) in [4.78, 5) is 0. The normalized spacial score (nSPS) is 12.0. The van der Waals surface area contributed by atoms with Gasteiger partial charge in [-0.2, -0.15) is 0 Å². The van der Waals surface area contributed by atoms with Crippen LogP contribution in [0.2, 0.25) is 0 Å². The third kappa shape index (κ3) is 5.10. The molecule has 1 heterocycles. The van der Waals surface area contributed by atoms with Gasteiger partial charge in [-0.1, -0.05) is 136 Å². The molecule has 0 unspecified atom stereocenters. The van der Waals surface area contributed by atoms with Crippen molar-refractivity contribution in [3.05, 3.63) is 101 Å². The minimum Gasteiger partial charge on any atom is -0.457 e. The number of para-hydroxylation sites is 2. The summed E-state index contributed by atoms with van der Waals surface area (Å²) in [6.45, 7) is 16.0. The van der Waals surface area contributed by atoms with Gasteiger partial charge in [0.2, 0.25) is 0 Å². The Labute approximate surface area is 191 Å². The van der Waals surface area contributed by atoms with Crippen LogP contribution < -0.4 is 4.74 Å². The number of rotatable bonds is 0. The van der Waals surface area contributed by atoms with Crippen LogP contribution in [-0.2, 0) is 5.41 Å². The molecule has 0 bridgehead atoms. The number of hydrogen-bond acceptors (Lipinski definition) is 1. The molecule has 0 saturated heterocycles. The van der Waals surface area contributed by atoms with E-state index >= 15 is 0 Å². The number of hydrogen-bond donors (Lipinski definition) is 0. The van der Waals surface area contributed by atoms with E-state index in [-0.39, 0.29) is 12.8 Å². The van der Waals surface area contributed by atoms with Crippen molar-refractivity contribution in [3.63, 3.8) is 0 Å². The number of ether oxygens (including phenoxy) is 1. The van der Waals surface area contributed by atoms with E-state index in [4.69, 9.17) is 4.74 Å². The molecule has 31 heavy (non-hydrogen) atoms. The topological polar surface area (TPSA) is 9.23 Å². The fourth-order valence-corrected chi connectivity index (χ4v) is 3.80. The highest BCUT2D eigenvalue weighted by Gasteiger charge is 2.44. The molecule has 1 spiro atoms. The third-order valence-corrected chi connectivity index (χ3v) is 4.74. The Morgan fingerprint density at radius 1 is 0.516 bits per heavy atom.